The number of rotatable bonds is 3. The molecule has 1 aromatic rings. The fourth-order valence-electron chi connectivity index (χ4n) is 1.70. The second-order valence-corrected chi connectivity index (χ2v) is 4.72. The summed E-state index contributed by atoms with van der Waals surface area (Å²) in [6, 6.07) is 2.70. The lowest BCUT2D eigenvalue weighted by Crippen LogP contribution is -2.52. The Balaban J connectivity index is 2.00. The first kappa shape index (κ1) is 13.7. The maximum atomic E-state index is 11.9. The van der Waals surface area contributed by atoms with E-state index in [1.54, 1.807) is 18.3 Å². The third kappa shape index (κ3) is 3.37. The summed E-state index contributed by atoms with van der Waals surface area (Å²) in [6.45, 7) is 0. The SMILES string of the molecule is O=C1CCC(NC(=O)c2ccc(CBr)cn2)C(=O)N1. The highest BCUT2D eigenvalue weighted by Gasteiger charge is 2.28. The van der Waals surface area contributed by atoms with Crippen molar-refractivity contribution in [1.29, 1.82) is 0 Å². The quantitative estimate of drug-likeness (QED) is 0.626. The average molecular weight is 326 g/mol. The standard InChI is InChI=1S/C12H12BrN3O3/c13-5-7-1-2-8(14-6-7)11(18)15-9-3-4-10(17)16-12(9)19/h1-2,6,9H,3-5H2,(H,15,18)(H,16,17,19). The summed E-state index contributed by atoms with van der Waals surface area (Å²) >= 11 is 3.29. The summed E-state index contributed by atoms with van der Waals surface area (Å²) in [5.74, 6) is -1.20. The van der Waals surface area contributed by atoms with E-state index < -0.39 is 17.9 Å². The van der Waals surface area contributed by atoms with Crippen LogP contribution in [0.4, 0.5) is 0 Å². The number of nitrogens with zero attached hydrogens (tertiary/aromatic N) is 1. The van der Waals surface area contributed by atoms with Crippen molar-refractivity contribution in [3.63, 3.8) is 0 Å². The first-order chi connectivity index (χ1) is 9.10. The molecule has 1 aliphatic heterocycles. The van der Waals surface area contributed by atoms with Crippen LogP contribution in [0.25, 0.3) is 0 Å². The summed E-state index contributed by atoms with van der Waals surface area (Å²) < 4.78 is 0. The van der Waals surface area contributed by atoms with Crippen molar-refractivity contribution < 1.29 is 14.4 Å². The lowest BCUT2D eigenvalue weighted by Gasteiger charge is -2.21. The molecule has 6 nitrogen and oxygen atoms in total. The number of piperidine rings is 1. The third-order valence-corrected chi connectivity index (χ3v) is 3.40. The van der Waals surface area contributed by atoms with Gasteiger partial charge in [0.15, 0.2) is 0 Å². The smallest absolute Gasteiger partial charge is 0.270 e. The number of aromatic nitrogens is 1. The molecule has 7 heteroatoms. The topological polar surface area (TPSA) is 88.2 Å². The Morgan fingerprint density at radius 3 is 2.84 bits per heavy atom. The van der Waals surface area contributed by atoms with Crippen molar-refractivity contribution in [3.05, 3.63) is 29.6 Å². The zero-order chi connectivity index (χ0) is 13.8. The van der Waals surface area contributed by atoms with E-state index in [2.05, 4.69) is 31.5 Å². The van der Waals surface area contributed by atoms with E-state index in [0.29, 0.717) is 11.8 Å². The van der Waals surface area contributed by atoms with E-state index >= 15 is 0 Å². The molecule has 0 bridgehead atoms. The molecule has 3 amide bonds. The molecule has 2 N–H and O–H groups in total. The van der Waals surface area contributed by atoms with Crippen molar-refractivity contribution in [3.8, 4) is 0 Å². The molecule has 2 heterocycles. The van der Waals surface area contributed by atoms with Gasteiger partial charge in [0, 0.05) is 17.9 Å². The summed E-state index contributed by atoms with van der Waals surface area (Å²) in [7, 11) is 0. The van der Waals surface area contributed by atoms with Gasteiger partial charge in [-0.25, -0.2) is 0 Å². The Labute approximate surface area is 118 Å². The molecule has 1 aliphatic rings. The fraction of sp³-hybridized carbons (Fsp3) is 0.333. The van der Waals surface area contributed by atoms with Crippen LogP contribution >= 0.6 is 15.9 Å². The van der Waals surface area contributed by atoms with E-state index in [9.17, 15) is 14.4 Å². The van der Waals surface area contributed by atoms with Gasteiger partial charge in [0.05, 0.1) is 0 Å². The normalized spacial score (nSPS) is 18.9. The number of hydrogen-bond acceptors (Lipinski definition) is 4. The maximum absolute atomic E-state index is 11.9. The van der Waals surface area contributed by atoms with E-state index in [-0.39, 0.29) is 18.0 Å². The molecule has 1 unspecified atom stereocenters. The van der Waals surface area contributed by atoms with Crippen LogP contribution < -0.4 is 10.6 Å². The number of halogens is 1. The lowest BCUT2D eigenvalue weighted by molar-refractivity contribution is -0.134. The molecular weight excluding hydrogens is 314 g/mol. The molecule has 19 heavy (non-hydrogen) atoms. The minimum absolute atomic E-state index is 0.229. The molecular formula is C12H12BrN3O3. The maximum Gasteiger partial charge on any atom is 0.270 e. The van der Waals surface area contributed by atoms with E-state index in [1.165, 1.54) is 0 Å². The highest BCUT2D eigenvalue weighted by molar-refractivity contribution is 9.08. The number of pyridine rings is 1. The second kappa shape index (κ2) is 5.92. The molecule has 1 saturated heterocycles. The van der Waals surface area contributed by atoms with Crippen molar-refractivity contribution in [2.45, 2.75) is 24.2 Å². The van der Waals surface area contributed by atoms with Gasteiger partial charge in [-0.3, -0.25) is 24.7 Å². The number of carbonyl (C=O) groups is 3. The number of imide groups is 1. The molecule has 0 aromatic carbocycles. The monoisotopic (exact) mass is 325 g/mol. The van der Waals surface area contributed by atoms with Gasteiger partial charge < -0.3 is 5.32 Å². The van der Waals surface area contributed by atoms with Crippen LogP contribution in [-0.4, -0.2) is 28.7 Å². The fourth-order valence-corrected chi connectivity index (χ4v) is 2.03. The lowest BCUT2D eigenvalue weighted by atomic mass is 10.1. The van der Waals surface area contributed by atoms with Crippen LogP contribution in [0.3, 0.4) is 0 Å². The van der Waals surface area contributed by atoms with Gasteiger partial charge in [0.2, 0.25) is 11.8 Å². The molecule has 1 atom stereocenters. The van der Waals surface area contributed by atoms with Crippen molar-refractivity contribution in [2.24, 2.45) is 0 Å². The largest absolute Gasteiger partial charge is 0.339 e. The van der Waals surface area contributed by atoms with Gasteiger partial charge in [-0.2, -0.15) is 0 Å². The highest BCUT2D eigenvalue weighted by atomic mass is 79.9. The minimum atomic E-state index is -0.678. The van der Waals surface area contributed by atoms with Gasteiger partial charge in [-0.15, -0.1) is 0 Å². The number of hydrogen-bond donors (Lipinski definition) is 2. The Morgan fingerprint density at radius 2 is 2.26 bits per heavy atom. The minimum Gasteiger partial charge on any atom is -0.339 e. The Morgan fingerprint density at radius 1 is 1.47 bits per heavy atom. The van der Waals surface area contributed by atoms with Gasteiger partial charge in [0.25, 0.3) is 5.91 Å². The van der Waals surface area contributed by atoms with E-state index in [1.807, 2.05) is 0 Å². The first-order valence-corrected chi connectivity index (χ1v) is 6.87. The number of nitrogens with one attached hydrogen (secondary N) is 2. The Bertz CT molecular complexity index is 515. The molecule has 0 aliphatic carbocycles. The molecule has 0 radical (unpaired) electrons. The van der Waals surface area contributed by atoms with Crippen molar-refractivity contribution >= 4 is 33.7 Å². The van der Waals surface area contributed by atoms with Crippen molar-refractivity contribution in [1.82, 2.24) is 15.6 Å². The number of alkyl halides is 1. The van der Waals surface area contributed by atoms with Gasteiger partial charge in [-0.05, 0) is 18.1 Å². The molecule has 100 valence electrons. The molecule has 1 aromatic heterocycles. The predicted octanol–water partition coefficient (Wildman–Crippen LogP) is 0.512. The zero-order valence-electron chi connectivity index (χ0n) is 9.98. The predicted molar refractivity (Wildman–Crippen MR) is 70.5 cm³/mol. The van der Waals surface area contributed by atoms with Gasteiger partial charge in [-0.1, -0.05) is 22.0 Å². The first-order valence-electron chi connectivity index (χ1n) is 5.75. The van der Waals surface area contributed by atoms with Gasteiger partial charge in [0.1, 0.15) is 11.7 Å². The van der Waals surface area contributed by atoms with Crippen LogP contribution in [0.1, 0.15) is 28.9 Å². The van der Waals surface area contributed by atoms with Crippen LogP contribution in [-0.2, 0) is 14.9 Å². The van der Waals surface area contributed by atoms with E-state index in [4.69, 9.17) is 0 Å². The van der Waals surface area contributed by atoms with E-state index in [0.717, 1.165) is 5.56 Å². The average Bonchev–Trinajstić information content (AvgIpc) is 2.42. The zero-order valence-corrected chi connectivity index (χ0v) is 11.6. The summed E-state index contributed by atoms with van der Waals surface area (Å²) in [5.41, 5.74) is 1.20. The molecule has 0 saturated carbocycles. The van der Waals surface area contributed by atoms with Crippen LogP contribution in [0.2, 0.25) is 0 Å². The van der Waals surface area contributed by atoms with Crippen LogP contribution in [0, 0.1) is 0 Å². The Kier molecular flexibility index (Phi) is 4.26. The van der Waals surface area contributed by atoms with Crippen LogP contribution in [0.5, 0.6) is 0 Å². The number of amides is 3. The Hall–Kier alpha value is -1.76. The molecule has 0 spiro atoms. The highest BCUT2D eigenvalue weighted by Crippen LogP contribution is 2.07. The number of carbonyl (C=O) groups excluding carboxylic acids is 3. The molecule has 2 rings (SSSR count). The van der Waals surface area contributed by atoms with Gasteiger partial charge >= 0.3 is 0 Å². The summed E-state index contributed by atoms with van der Waals surface area (Å²) in [4.78, 5) is 38.4. The van der Waals surface area contributed by atoms with Crippen LogP contribution in [0.15, 0.2) is 18.3 Å². The van der Waals surface area contributed by atoms with Crippen molar-refractivity contribution in [2.75, 3.05) is 0 Å². The second-order valence-electron chi connectivity index (χ2n) is 4.16. The molecule has 1 fully saturated rings. The summed E-state index contributed by atoms with van der Waals surface area (Å²) in [5, 5.41) is 5.41. The summed E-state index contributed by atoms with van der Waals surface area (Å²) in [6.07, 6.45) is 2.14. The third-order valence-electron chi connectivity index (χ3n) is 2.76.